The van der Waals surface area contributed by atoms with E-state index in [1.54, 1.807) is 0 Å². The van der Waals surface area contributed by atoms with Gasteiger partial charge in [0.1, 0.15) is 5.82 Å². The Kier molecular flexibility index (Phi) is 5.24. The number of rotatable bonds is 4. The number of imidazole rings is 1. The van der Waals surface area contributed by atoms with Gasteiger partial charge in [-0.25, -0.2) is 4.98 Å². The van der Waals surface area contributed by atoms with Crippen molar-refractivity contribution in [1.29, 1.82) is 0 Å². The lowest BCUT2D eigenvalue weighted by molar-refractivity contribution is -0.132. The lowest BCUT2D eigenvalue weighted by Crippen LogP contribution is -2.39. The van der Waals surface area contributed by atoms with Crippen LogP contribution in [0, 0.1) is 6.92 Å². The van der Waals surface area contributed by atoms with E-state index < -0.39 is 0 Å². The molecule has 1 aromatic carbocycles. The van der Waals surface area contributed by atoms with Crippen LogP contribution in [0.5, 0.6) is 0 Å². The fourth-order valence-corrected chi connectivity index (χ4v) is 3.61. The Morgan fingerprint density at radius 3 is 2.75 bits per heavy atom. The van der Waals surface area contributed by atoms with Crippen molar-refractivity contribution in [2.75, 3.05) is 13.1 Å². The summed E-state index contributed by atoms with van der Waals surface area (Å²) in [6, 6.07) is 7.74. The second-order valence-electron chi connectivity index (χ2n) is 6.66. The lowest BCUT2D eigenvalue weighted by Gasteiger charge is -2.32. The Labute approximate surface area is 148 Å². The van der Waals surface area contributed by atoms with Crippen molar-refractivity contribution in [1.82, 2.24) is 14.5 Å². The van der Waals surface area contributed by atoms with Crippen LogP contribution >= 0.6 is 11.6 Å². The molecule has 1 saturated heterocycles. The molecule has 2 heterocycles. The molecule has 0 spiro atoms. The molecule has 3 rings (SSSR count). The van der Waals surface area contributed by atoms with Crippen molar-refractivity contribution < 1.29 is 4.79 Å². The van der Waals surface area contributed by atoms with Crippen molar-refractivity contribution in [2.24, 2.45) is 7.05 Å². The van der Waals surface area contributed by atoms with E-state index in [-0.39, 0.29) is 5.91 Å². The van der Waals surface area contributed by atoms with Gasteiger partial charge >= 0.3 is 0 Å². The van der Waals surface area contributed by atoms with Crippen LogP contribution in [0.4, 0.5) is 0 Å². The van der Waals surface area contributed by atoms with Gasteiger partial charge in [-0.3, -0.25) is 4.79 Å². The summed E-state index contributed by atoms with van der Waals surface area (Å²) in [7, 11) is 2.04. The fraction of sp³-hybridized carbons (Fsp3) is 0.474. The highest BCUT2D eigenvalue weighted by Gasteiger charge is 2.27. The molecule has 1 fully saturated rings. The smallest absolute Gasteiger partial charge is 0.222 e. The number of nitrogens with zero attached hydrogens (tertiary/aromatic N) is 3. The van der Waals surface area contributed by atoms with Crippen molar-refractivity contribution in [3.8, 4) is 0 Å². The van der Waals surface area contributed by atoms with Gasteiger partial charge in [0.25, 0.3) is 0 Å². The third kappa shape index (κ3) is 3.99. The number of carbonyl (C=O) groups excluding carboxylic acids is 1. The zero-order valence-electron chi connectivity index (χ0n) is 14.3. The standard InChI is InChI=1S/C19H24ClN3O/c1-14-12-22(2)19(21-14)16-4-3-11-23(13-16)18(24)10-7-15-5-8-17(20)9-6-15/h5-6,8-9,12,16H,3-4,7,10-11,13H2,1-2H3/t16-/m1/s1. The number of piperidine rings is 1. The van der Waals surface area contributed by atoms with Crippen LogP contribution in [0.15, 0.2) is 30.5 Å². The van der Waals surface area contributed by atoms with Gasteiger partial charge in [0.2, 0.25) is 5.91 Å². The quantitative estimate of drug-likeness (QED) is 0.847. The van der Waals surface area contributed by atoms with Crippen LogP contribution in [0.3, 0.4) is 0 Å². The average molecular weight is 346 g/mol. The molecule has 0 aliphatic carbocycles. The van der Waals surface area contributed by atoms with Crippen LogP contribution in [0.2, 0.25) is 5.02 Å². The number of carbonyl (C=O) groups is 1. The summed E-state index contributed by atoms with van der Waals surface area (Å²) in [5.74, 6) is 1.68. The first-order chi connectivity index (χ1) is 11.5. The minimum absolute atomic E-state index is 0.237. The Bertz CT molecular complexity index is 708. The molecule has 0 unspecified atom stereocenters. The van der Waals surface area contributed by atoms with E-state index in [1.165, 1.54) is 0 Å². The number of benzene rings is 1. The first kappa shape index (κ1) is 17.0. The molecule has 4 nitrogen and oxygen atoms in total. The Morgan fingerprint density at radius 2 is 2.08 bits per heavy atom. The molecular weight excluding hydrogens is 322 g/mol. The topological polar surface area (TPSA) is 38.1 Å². The molecule has 1 amide bonds. The highest BCUT2D eigenvalue weighted by Crippen LogP contribution is 2.26. The molecule has 1 aliphatic rings. The van der Waals surface area contributed by atoms with Gasteiger partial charge in [0, 0.05) is 43.7 Å². The number of aryl methyl sites for hydroxylation is 3. The molecule has 0 radical (unpaired) electrons. The van der Waals surface area contributed by atoms with Gasteiger partial charge in [-0.2, -0.15) is 0 Å². The third-order valence-corrected chi connectivity index (χ3v) is 4.96. The van der Waals surface area contributed by atoms with E-state index in [0.29, 0.717) is 12.3 Å². The van der Waals surface area contributed by atoms with Gasteiger partial charge in [-0.05, 0) is 43.9 Å². The zero-order chi connectivity index (χ0) is 17.1. The van der Waals surface area contributed by atoms with Gasteiger partial charge < -0.3 is 9.47 Å². The molecule has 1 aliphatic heterocycles. The summed E-state index contributed by atoms with van der Waals surface area (Å²) < 4.78 is 2.10. The van der Waals surface area contributed by atoms with Crippen LogP contribution in [0.1, 0.15) is 42.3 Å². The molecule has 1 atom stereocenters. The minimum Gasteiger partial charge on any atom is -0.342 e. The van der Waals surface area contributed by atoms with Crippen molar-refractivity contribution in [3.63, 3.8) is 0 Å². The van der Waals surface area contributed by atoms with E-state index in [2.05, 4.69) is 15.7 Å². The van der Waals surface area contributed by atoms with Crippen LogP contribution in [-0.2, 0) is 18.3 Å². The van der Waals surface area contributed by atoms with Gasteiger partial charge in [-0.15, -0.1) is 0 Å². The van der Waals surface area contributed by atoms with E-state index in [9.17, 15) is 4.79 Å². The largest absolute Gasteiger partial charge is 0.342 e. The minimum atomic E-state index is 0.237. The number of amides is 1. The Hall–Kier alpha value is -1.81. The molecule has 128 valence electrons. The van der Waals surface area contributed by atoms with E-state index in [0.717, 1.165) is 54.5 Å². The molecule has 24 heavy (non-hydrogen) atoms. The van der Waals surface area contributed by atoms with Gasteiger partial charge in [0.15, 0.2) is 0 Å². The fourth-order valence-electron chi connectivity index (χ4n) is 3.49. The summed E-state index contributed by atoms with van der Waals surface area (Å²) in [4.78, 5) is 19.2. The summed E-state index contributed by atoms with van der Waals surface area (Å²) in [5, 5.41) is 0.731. The predicted octanol–water partition coefficient (Wildman–Crippen LogP) is 3.72. The Balaban J connectivity index is 1.58. The maximum absolute atomic E-state index is 12.6. The van der Waals surface area contributed by atoms with Crippen molar-refractivity contribution in [3.05, 3.63) is 52.6 Å². The van der Waals surface area contributed by atoms with Crippen LogP contribution < -0.4 is 0 Å². The SMILES string of the molecule is Cc1cn(C)c([C@@H]2CCCN(C(=O)CCc3ccc(Cl)cc3)C2)n1. The number of likely N-dealkylation sites (tertiary alicyclic amines) is 1. The highest BCUT2D eigenvalue weighted by atomic mass is 35.5. The molecule has 0 N–H and O–H groups in total. The molecular formula is C19H24ClN3O. The maximum atomic E-state index is 12.6. The molecule has 0 saturated carbocycles. The van der Waals surface area contributed by atoms with E-state index in [1.807, 2.05) is 43.1 Å². The third-order valence-electron chi connectivity index (χ3n) is 4.71. The maximum Gasteiger partial charge on any atom is 0.222 e. The molecule has 0 bridgehead atoms. The van der Waals surface area contributed by atoms with Gasteiger partial charge in [0.05, 0.1) is 5.69 Å². The molecule has 1 aromatic heterocycles. The first-order valence-electron chi connectivity index (χ1n) is 8.55. The van der Waals surface area contributed by atoms with Crippen LogP contribution in [0.25, 0.3) is 0 Å². The van der Waals surface area contributed by atoms with Gasteiger partial charge in [-0.1, -0.05) is 23.7 Å². The zero-order valence-corrected chi connectivity index (χ0v) is 15.1. The summed E-state index contributed by atoms with van der Waals surface area (Å²) in [5.41, 5.74) is 2.19. The monoisotopic (exact) mass is 345 g/mol. The van der Waals surface area contributed by atoms with E-state index in [4.69, 9.17) is 11.6 Å². The van der Waals surface area contributed by atoms with Crippen LogP contribution in [-0.4, -0.2) is 33.4 Å². The summed E-state index contributed by atoms with van der Waals surface area (Å²) >= 11 is 5.90. The first-order valence-corrected chi connectivity index (χ1v) is 8.93. The van der Waals surface area contributed by atoms with E-state index >= 15 is 0 Å². The second-order valence-corrected chi connectivity index (χ2v) is 7.09. The highest BCUT2D eigenvalue weighted by molar-refractivity contribution is 6.30. The Morgan fingerprint density at radius 1 is 1.33 bits per heavy atom. The lowest BCUT2D eigenvalue weighted by atomic mass is 9.96. The van der Waals surface area contributed by atoms with Crippen molar-refractivity contribution >= 4 is 17.5 Å². The summed E-state index contributed by atoms with van der Waals surface area (Å²) in [6.07, 6.45) is 5.51. The van der Waals surface area contributed by atoms with Crippen molar-refractivity contribution in [2.45, 2.75) is 38.5 Å². The summed E-state index contributed by atoms with van der Waals surface area (Å²) in [6.45, 7) is 3.66. The number of hydrogen-bond donors (Lipinski definition) is 0. The molecule has 5 heteroatoms. The normalized spacial score (nSPS) is 18.0. The number of halogens is 1. The predicted molar refractivity (Wildman–Crippen MR) is 96.3 cm³/mol. The second kappa shape index (κ2) is 7.39. The average Bonchev–Trinajstić information content (AvgIpc) is 2.92. The number of aromatic nitrogens is 2. The molecule has 2 aromatic rings. The number of hydrogen-bond acceptors (Lipinski definition) is 2.